The smallest absolute Gasteiger partial charge is 0.306 e. The summed E-state index contributed by atoms with van der Waals surface area (Å²) in [5.41, 5.74) is 1.09. The van der Waals surface area contributed by atoms with Crippen LogP contribution in [0.25, 0.3) is 0 Å². The van der Waals surface area contributed by atoms with Crippen LogP contribution in [0.5, 0.6) is 0 Å². The van der Waals surface area contributed by atoms with Gasteiger partial charge in [-0.3, -0.25) is 29.0 Å². The molecule has 0 aliphatic heterocycles. The summed E-state index contributed by atoms with van der Waals surface area (Å²) in [6.45, 7) is 17.4. The number of hydrogen-bond donors (Lipinski definition) is 0. The second-order valence-corrected chi connectivity index (χ2v) is 13.8. The first-order valence-electron chi connectivity index (χ1n) is 16.1. The van der Waals surface area contributed by atoms with Crippen LogP contribution in [-0.4, -0.2) is 65.4 Å². The van der Waals surface area contributed by atoms with Gasteiger partial charge in [0, 0.05) is 52.9 Å². The Balaban J connectivity index is 1.85. The summed E-state index contributed by atoms with van der Waals surface area (Å²) in [6.07, 6.45) is 0.294. The number of fused-ring (bicyclic) bond motifs is 3. The van der Waals surface area contributed by atoms with Crippen molar-refractivity contribution in [3.63, 3.8) is 0 Å². The van der Waals surface area contributed by atoms with Gasteiger partial charge in [-0.2, -0.15) is 0 Å². The molecular formula is C36H47NO10. The molecule has 0 unspecified atom stereocenters. The van der Waals surface area contributed by atoms with E-state index in [1.165, 1.54) is 27.7 Å². The van der Waals surface area contributed by atoms with Gasteiger partial charge in [0.05, 0.1) is 5.41 Å². The molecule has 2 fully saturated rings. The summed E-state index contributed by atoms with van der Waals surface area (Å²) in [4.78, 5) is 67.7. The first-order chi connectivity index (χ1) is 22.0. The van der Waals surface area contributed by atoms with E-state index in [2.05, 4.69) is 11.6 Å². The minimum atomic E-state index is -1.16. The molecule has 0 radical (unpaired) electrons. The highest BCUT2D eigenvalue weighted by Gasteiger charge is 2.64. The number of nitrogens with zero attached hydrogens (tertiary/aromatic N) is 1. The molecule has 0 saturated heterocycles. The summed E-state index contributed by atoms with van der Waals surface area (Å²) in [5, 5.41) is 0. The van der Waals surface area contributed by atoms with Gasteiger partial charge in [0.25, 0.3) is 0 Å². The Morgan fingerprint density at radius 1 is 0.851 bits per heavy atom. The Kier molecular flexibility index (Phi) is 10.7. The fourth-order valence-electron chi connectivity index (χ4n) is 8.12. The van der Waals surface area contributed by atoms with Crippen LogP contribution >= 0.6 is 0 Å². The lowest BCUT2D eigenvalue weighted by molar-refractivity contribution is -0.212. The number of esters is 5. The Bertz CT molecular complexity index is 1450. The van der Waals surface area contributed by atoms with Gasteiger partial charge in [-0.05, 0) is 71.8 Å². The zero-order chi connectivity index (χ0) is 34.8. The zero-order valence-corrected chi connectivity index (χ0v) is 28.6. The molecule has 1 aromatic rings. The van der Waals surface area contributed by atoms with Gasteiger partial charge in [0.1, 0.15) is 18.3 Å². The number of aryl methyl sites for hydroxylation is 1. The maximum Gasteiger partial charge on any atom is 0.306 e. The zero-order valence-electron chi connectivity index (χ0n) is 28.6. The molecule has 4 rings (SSSR count). The van der Waals surface area contributed by atoms with E-state index in [1.54, 1.807) is 18.5 Å². The quantitative estimate of drug-likeness (QED) is 0.212. The average Bonchev–Trinajstić information content (AvgIpc) is 2.96. The van der Waals surface area contributed by atoms with Crippen molar-refractivity contribution in [2.75, 3.05) is 0 Å². The predicted octanol–water partition coefficient (Wildman–Crippen LogP) is 5.00. The molecule has 11 heteroatoms. The number of carbonyl (C=O) groups is 5. The largest absolute Gasteiger partial charge is 0.462 e. The summed E-state index contributed by atoms with van der Waals surface area (Å²) in [6, 6.07) is 3.68. The van der Waals surface area contributed by atoms with E-state index < -0.39 is 77.1 Å². The van der Waals surface area contributed by atoms with Crippen molar-refractivity contribution in [1.29, 1.82) is 0 Å². The Hall–Kier alpha value is -4.02. The first-order valence-corrected chi connectivity index (χ1v) is 16.1. The minimum Gasteiger partial charge on any atom is -0.462 e. The van der Waals surface area contributed by atoms with Crippen LogP contribution in [0.3, 0.4) is 0 Å². The van der Waals surface area contributed by atoms with Crippen molar-refractivity contribution in [2.45, 2.75) is 118 Å². The van der Waals surface area contributed by atoms with E-state index in [1.807, 2.05) is 33.8 Å². The fourth-order valence-corrected chi connectivity index (χ4v) is 8.12. The van der Waals surface area contributed by atoms with Crippen molar-refractivity contribution >= 4 is 29.8 Å². The lowest BCUT2D eigenvalue weighted by Gasteiger charge is -2.59. The van der Waals surface area contributed by atoms with Crippen LogP contribution < -0.4 is 0 Å². The highest BCUT2D eigenvalue weighted by Crippen LogP contribution is 2.61. The molecule has 2 saturated carbocycles. The summed E-state index contributed by atoms with van der Waals surface area (Å²) < 4.78 is 30.0. The topological polar surface area (TPSA) is 144 Å². The van der Waals surface area contributed by atoms with Gasteiger partial charge >= 0.3 is 29.8 Å². The molecule has 0 spiro atoms. The van der Waals surface area contributed by atoms with Crippen LogP contribution in [0.4, 0.5) is 0 Å². The van der Waals surface area contributed by atoms with Gasteiger partial charge in [0.2, 0.25) is 0 Å². The molecule has 1 heterocycles. The van der Waals surface area contributed by atoms with E-state index >= 15 is 0 Å². The van der Waals surface area contributed by atoms with Gasteiger partial charge in [-0.15, -0.1) is 0 Å². The van der Waals surface area contributed by atoms with Gasteiger partial charge < -0.3 is 23.7 Å². The van der Waals surface area contributed by atoms with E-state index in [0.29, 0.717) is 36.0 Å². The molecule has 0 aromatic carbocycles. The van der Waals surface area contributed by atoms with Crippen LogP contribution in [0.2, 0.25) is 0 Å². The van der Waals surface area contributed by atoms with Crippen molar-refractivity contribution in [2.24, 2.45) is 22.7 Å². The molecule has 3 aliphatic rings. The average molecular weight is 654 g/mol. The highest BCUT2D eigenvalue weighted by molar-refractivity contribution is 5.71. The summed E-state index contributed by atoms with van der Waals surface area (Å²) >= 11 is 0. The fraction of sp³-hybridized carbons (Fsp3) is 0.611. The Morgan fingerprint density at radius 2 is 1.49 bits per heavy atom. The molecule has 0 N–H and O–H groups in total. The van der Waals surface area contributed by atoms with Crippen LogP contribution in [0.15, 0.2) is 47.8 Å². The van der Waals surface area contributed by atoms with Gasteiger partial charge in [-0.1, -0.05) is 33.4 Å². The minimum absolute atomic E-state index is 0.0662. The molecule has 11 nitrogen and oxygen atoms in total. The van der Waals surface area contributed by atoms with Crippen molar-refractivity contribution in [3.8, 4) is 0 Å². The number of carbonyl (C=O) groups excluding carboxylic acids is 5. The lowest BCUT2D eigenvalue weighted by Crippen LogP contribution is -2.64. The Labute approximate surface area is 276 Å². The third kappa shape index (κ3) is 7.44. The standard InChI is InChI=1S/C36H47NO10/c1-19-27-15-26-16-28(43-21(3)38)20(2)32(35(26,7)8)33(45-23(5)40)34(46-24(6)41)36(27,9)30(44-22(4)39)17-29(19)47-31(42)13-12-25-11-10-14-37-18-25/h10-11,14,18,26-30,33-34H,1,12-13,15-17H2,2-9H3/t26-,27-,28+,29+,30+,33-,34+,36+/m1/s1. The predicted molar refractivity (Wildman–Crippen MR) is 169 cm³/mol. The molecule has 256 valence electrons. The molecule has 1 aromatic heterocycles. The maximum absolute atomic E-state index is 13.2. The van der Waals surface area contributed by atoms with E-state index in [4.69, 9.17) is 23.7 Å². The SMILES string of the molecule is C=C1[C@@H](OC(=O)CCc2cccnc2)C[C@H](OC(C)=O)[C@]2(C)[C@@H]1C[C@@H]1C[C@H](OC(C)=O)C(C)=C([C@@H](OC(C)=O)[C@@H]2OC(C)=O)C1(C)C. The van der Waals surface area contributed by atoms with E-state index in [0.717, 1.165) is 5.56 Å². The highest BCUT2D eigenvalue weighted by atomic mass is 16.6. The Morgan fingerprint density at radius 3 is 2.06 bits per heavy atom. The van der Waals surface area contributed by atoms with Gasteiger partial charge in [-0.25, -0.2) is 0 Å². The van der Waals surface area contributed by atoms with Gasteiger partial charge in [0.15, 0.2) is 12.2 Å². The van der Waals surface area contributed by atoms with E-state index in [-0.39, 0.29) is 18.8 Å². The number of aromatic nitrogens is 1. The molecule has 0 amide bonds. The van der Waals surface area contributed by atoms with Crippen LogP contribution in [-0.2, 0) is 54.1 Å². The lowest BCUT2D eigenvalue weighted by atomic mass is 9.49. The number of pyridine rings is 1. The monoisotopic (exact) mass is 653 g/mol. The summed E-state index contributed by atoms with van der Waals surface area (Å²) in [5.74, 6) is -3.38. The summed E-state index contributed by atoms with van der Waals surface area (Å²) in [7, 11) is 0. The molecule has 47 heavy (non-hydrogen) atoms. The second kappa shape index (κ2) is 14.0. The number of rotatable bonds is 8. The molecule has 8 atom stereocenters. The van der Waals surface area contributed by atoms with Crippen molar-refractivity contribution < 1.29 is 47.7 Å². The van der Waals surface area contributed by atoms with Crippen LogP contribution in [0.1, 0.15) is 86.6 Å². The molecular weight excluding hydrogens is 606 g/mol. The maximum atomic E-state index is 13.2. The third-order valence-electron chi connectivity index (χ3n) is 10.4. The van der Waals surface area contributed by atoms with Crippen molar-refractivity contribution in [1.82, 2.24) is 4.98 Å². The third-order valence-corrected chi connectivity index (χ3v) is 10.4. The molecule has 3 aliphatic carbocycles. The normalized spacial score (nSPS) is 31.3. The molecule has 2 bridgehead atoms. The number of hydrogen-bond acceptors (Lipinski definition) is 11. The van der Waals surface area contributed by atoms with Crippen LogP contribution in [0, 0.1) is 22.7 Å². The van der Waals surface area contributed by atoms with Crippen molar-refractivity contribution in [3.05, 3.63) is 53.4 Å². The van der Waals surface area contributed by atoms with E-state index in [9.17, 15) is 24.0 Å². The first kappa shape index (κ1) is 35.8. The second-order valence-electron chi connectivity index (χ2n) is 13.8. The number of ether oxygens (including phenoxy) is 5.